The lowest BCUT2D eigenvalue weighted by atomic mass is 10.1. The predicted molar refractivity (Wildman–Crippen MR) is 79.9 cm³/mol. The molecule has 0 radical (unpaired) electrons. The zero-order valence-corrected chi connectivity index (χ0v) is 11.7. The maximum atomic E-state index is 12.0. The van der Waals surface area contributed by atoms with Crippen LogP contribution in [0.5, 0.6) is 5.75 Å². The first kappa shape index (κ1) is 14.2. The first-order valence-electron chi connectivity index (χ1n) is 6.09. The van der Waals surface area contributed by atoms with Gasteiger partial charge in [0.25, 0.3) is 5.91 Å². The van der Waals surface area contributed by atoms with Crippen LogP contribution in [0.3, 0.4) is 0 Å². The fraction of sp³-hybridized carbons (Fsp3) is 0.133. The third-order valence-corrected chi connectivity index (χ3v) is 3.39. The third kappa shape index (κ3) is 3.22. The van der Waals surface area contributed by atoms with Crippen LogP contribution in [0.2, 0.25) is 5.02 Å². The average Bonchev–Trinajstić information content (AvgIpc) is 2.42. The van der Waals surface area contributed by atoms with Gasteiger partial charge in [0.2, 0.25) is 0 Å². The van der Waals surface area contributed by atoms with Crippen molar-refractivity contribution in [2.45, 2.75) is 13.5 Å². The van der Waals surface area contributed by atoms with E-state index in [1.165, 1.54) is 6.07 Å². The predicted octanol–water partition coefficient (Wildman–Crippen LogP) is 2.87. The standard InChI is InChI=1S/C15H15ClN2O2/c1-9-6-10(2-4-13(9)16)15(20)18-8-11-7-12(17)3-5-14(11)19/h2-7,19H,8,17H2,1H3,(H,18,20). The van der Waals surface area contributed by atoms with Crippen LogP contribution in [0.4, 0.5) is 5.69 Å². The number of aryl methyl sites for hydroxylation is 1. The lowest BCUT2D eigenvalue weighted by molar-refractivity contribution is 0.0950. The topological polar surface area (TPSA) is 75.4 Å². The van der Waals surface area contributed by atoms with Gasteiger partial charge in [-0.1, -0.05) is 11.6 Å². The smallest absolute Gasteiger partial charge is 0.251 e. The molecule has 2 aromatic rings. The van der Waals surface area contributed by atoms with Crippen molar-refractivity contribution >= 4 is 23.2 Å². The molecule has 0 saturated carbocycles. The maximum Gasteiger partial charge on any atom is 0.251 e. The molecule has 0 saturated heterocycles. The summed E-state index contributed by atoms with van der Waals surface area (Å²) >= 11 is 5.92. The number of phenols is 1. The lowest BCUT2D eigenvalue weighted by Crippen LogP contribution is -2.23. The Hall–Kier alpha value is -2.20. The zero-order chi connectivity index (χ0) is 14.7. The minimum Gasteiger partial charge on any atom is -0.508 e. The van der Waals surface area contributed by atoms with Crippen LogP contribution in [0, 0.1) is 6.92 Å². The average molecular weight is 291 g/mol. The molecular weight excluding hydrogens is 276 g/mol. The summed E-state index contributed by atoms with van der Waals surface area (Å²) in [6.45, 7) is 2.04. The molecule has 0 spiro atoms. The van der Waals surface area contributed by atoms with Gasteiger partial charge >= 0.3 is 0 Å². The van der Waals surface area contributed by atoms with Gasteiger partial charge in [0.05, 0.1) is 0 Å². The van der Waals surface area contributed by atoms with Gasteiger partial charge in [0.15, 0.2) is 0 Å². The van der Waals surface area contributed by atoms with Crippen molar-refractivity contribution < 1.29 is 9.90 Å². The number of nitrogens with two attached hydrogens (primary N) is 1. The summed E-state index contributed by atoms with van der Waals surface area (Å²) in [4.78, 5) is 12.0. The number of hydrogen-bond donors (Lipinski definition) is 3. The molecular formula is C15H15ClN2O2. The van der Waals surface area contributed by atoms with Crippen LogP contribution in [0.1, 0.15) is 21.5 Å². The van der Waals surface area contributed by atoms with Crippen molar-refractivity contribution in [1.82, 2.24) is 5.32 Å². The number of halogens is 1. The Bertz CT molecular complexity index is 656. The molecule has 0 unspecified atom stereocenters. The summed E-state index contributed by atoms with van der Waals surface area (Å²) in [6.07, 6.45) is 0. The molecule has 0 aromatic heterocycles. The molecule has 0 fully saturated rings. The first-order chi connectivity index (χ1) is 9.47. The normalized spacial score (nSPS) is 10.3. The third-order valence-electron chi connectivity index (χ3n) is 2.96. The van der Waals surface area contributed by atoms with Crippen molar-refractivity contribution in [3.63, 3.8) is 0 Å². The Morgan fingerprint density at radius 3 is 2.75 bits per heavy atom. The SMILES string of the molecule is Cc1cc(C(=O)NCc2cc(N)ccc2O)ccc1Cl. The van der Waals surface area contributed by atoms with Crippen molar-refractivity contribution in [2.24, 2.45) is 0 Å². The van der Waals surface area contributed by atoms with Gasteiger partial charge in [-0.3, -0.25) is 4.79 Å². The highest BCUT2D eigenvalue weighted by Gasteiger charge is 2.08. The number of phenolic OH excluding ortho intramolecular Hbond substituents is 1. The number of hydrogen-bond acceptors (Lipinski definition) is 3. The first-order valence-corrected chi connectivity index (χ1v) is 6.47. The van der Waals surface area contributed by atoms with Gasteiger partial charge in [-0.15, -0.1) is 0 Å². The molecule has 5 heteroatoms. The molecule has 2 rings (SSSR count). The number of nitrogen functional groups attached to an aromatic ring is 1. The van der Waals surface area contributed by atoms with Gasteiger partial charge < -0.3 is 16.2 Å². The number of carbonyl (C=O) groups is 1. The van der Waals surface area contributed by atoms with E-state index in [2.05, 4.69) is 5.32 Å². The number of amides is 1. The Balaban J connectivity index is 2.08. The quantitative estimate of drug-likeness (QED) is 0.601. The Morgan fingerprint density at radius 1 is 1.30 bits per heavy atom. The van der Waals surface area contributed by atoms with E-state index >= 15 is 0 Å². The van der Waals surface area contributed by atoms with Gasteiger partial charge in [0, 0.05) is 28.4 Å². The van der Waals surface area contributed by atoms with Crippen molar-refractivity contribution in [1.29, 1.82) is 0 Å². The number of aromatic hydroxyl groups is 1. The monoisotopic (exact) mass is 290 g/mol. The van der Waals surface area contributed by atoms with Crippen molar-refractivity contribution in [2.75, 3.05) is 5.73 Å². The van der Waals surface area contributed by atoms with E-state index < -0.39 is 0 Å². The molecule has 20 heavy (non-hydrogen) atoms. The number of benzene rings is 2. The van der Waals surface area contributed by atoms with Gasteiger partial charge in [-0.25, -0.2) is 0 Å². The van der Waals surface area contributed by atoms with Crippen LogP contribution in [0.25, 0.3) is 0 Å². The fourth-order valence-corrected chi connectivity index (χ4v) is 1.93. The fourth-order valence-electron chi connectivity index (χ4n) is 1.81. The maximum absolute atomic E-state index is 12.0. The summed E-state index contributed by atoms with van der Waals surface area (Å²) in [5.74, 6) is -0.127. The van der Waals surface area contributed by atoms with E-state index in [1.807, 2.05) is 6.92 Å². The number of rotatable bonds is 3. The molecule has 4 nitrogen and oxygen atoms in total. The summed E-state index contributed by atoms with van der Waals surface area (Å²) in [5.41, 5.74) is 8.12. The Labute approximate surface area is 122 Å². The van der Waals surface area contributed by atoms with Gasteiger partial charge in [0.1, 0.15) is 5.75 Å². The van der Waals surface area contributed by atoms with E-state index in [0.717, 1.165) is 5.56 Å². The van der Waals surface area contributed by atoms with E-state index in [9.17, 15) is 9.90 Å². The molecule has 0 aliphatic carbocycles. The van der Waals surface area contributed by atoms with Gasteiger partial charge in [-0.2, -0.15) is 0 Å². The molecule has 0 heterocycles. The van der Waals surface area contributed by atoms with Crippen LogP contribution >= 0.6 is 11.6 Å². The summed E-state index contributed by atoms with van der Waals surface area (Å²) < 4.78 is 0. The molecule has 1 amide bonds. The minimum atomic E-state index is -0.230. The highest BCUT2D eigenvalue weighted by atomic mass is 35.5. The second-order valence-corrected chi connectivity index (χ2v) is 4.94. The van der Waals surface area contributed by atoms with Crippen LogP contribution in [-0.4, -0.2) is 11.0 Å². The number of anilines is 1. The highest BCUT2D eigenvalue weighted by Crippen LogP contribution is 2.20. The van der Waals surface area contributed by atoms with Crippen molar-refractivity contribution in [3.8, 4) is 5.75 Å². The van der Waals surface area contributed by atoms with Crippen LogP contribution in [0.15, 0.2) is 36.4 Å². The second kappa shape index (κ2) is 5.84. The molecule has 0 aliphatic rings. The van der Waals surface area contributed by atoms with Crippen LogP contribution < -0.4 is 11.1 Å². The number of nitrogens with one attached hydrogen (secondary N) is 1. The van der Waals surface area contributed by atoms with E-state index in [0.29, 0.717) is 21.8 Å². The number of carbonyl (C=O) groups excluding carboxylic acids is 1. The summed E-state index contributed by atoms with van der Waals surface area (Å²) in [6, 6.07) is 9.79. The molecule has 0 aliphatic heterocycles. The van der Waals surface area contributed by atoms with Gasteiger partial charge in [-0.05, 0) is 48.9 Å². The molecule has 104 valence electrons. The highest BCUT2D eigenvalue weighted by molar-refractivity contribution is 6.31. The van der Waals surface area contributed by atoms with Crippen molar-refractivity contribution in [3.05, 3.63) is 58.1 Å². The summed E-state index contributed by atoms with van der Waals surface area (Å²) in [5, 5.41) is 13.0. The van der Waals surface area contributed by atoms with E-state index in [4.69, 9.17) is 17.3 Å². The largest absolute Gasteiger partial charge is 0.508 e. The van der Waals surface area contributed by atoms with Crippen LogP contribution in [-0.2, 0) is 6.54 Å². The minimum absolute atomic E-state index is 0.104. The molecule has 2 aromatic carbocycles. The Kier molecular flexibility index (Phi) is 4.15. The molecule has 0 atom stereocenters. The lowest BCUT2D eigenvalue weighted by Gasteiger charge is -2.09. The second-order valence-electron chi connectivity index (χ2n) is 4.53. The Morgan fingerprint density at radius 2 is 2.05 bits per heavy atom. The van der Waals surface area contributed by atoms with E-state index in [-0.39, 0.29) is 18.2 Å². The molecule has 4 N–H and O–H groups in total. The summed E-state index contributed by atoms with van der Waals surface area (Å²) in [7, 11) is 0. The zero-order valence-electron chi connectivity index (χ0n) is 11.0. The molecule has 0 bridgehead atoms. The van der Waals surface area contributed by atoms with E-state index in [1.54, 1.807) is 30.3 Å².